The summed E-state index contributed by atoms with van der Waals surface area (Å²) in [5.74, 6) is -0.958. The number of carbonyl (C=O) groups excluding carboxylic acids is 2. The third kappa shape index (κ3) is 5.42. The first-order valence-corrected chi connectivity index (χ1v) is 24.6. The number of fused-ring (bicyclic) bond motifs is 4. The van der Waals surface area contributed by atoms with Crippen LogP contribution in [0.3, 0.4) is 0 Å². The van der Waals surface area contributed by atoms with Crippen molar-refractivity contribution in [3.8, 4) is 0 Å². The number of aliphatic hydroxyl groups is 6. The fourth-order valence-electron chi connectivity index (χ4n) is 18.9. The van der Waals surface area contributed by atoms with Gasteiger partial charge in [0.2, 0.25) is 0 Å². The highest BCUT2D eigenvalue weighted by molar-refractivity contribution is 5.97. The van der Waals surface area contributed by atoms with E-state index in [2.05, 4.69) is 45.1 Å². The molecule has 0 heterocycles. The van der Waals surface area contributed by atoms with Crippen LogP contribution in [0.5, 0.6) is 0 Å². The molecule has 6 fully saturated rings. The maximum Gasteiger partial charge on any atom is 0.163 e. The Bertz CT molecular complexity index is 2270. The van der Waals surface area contributed by atoms with Crippen LogP contribution in [0.25, 0.3) is 12.2 Å². The molecule has 1 aromatic carbocycles. The van der Waals surface area contributed by atoms with Crippen molar-refractivity contribution in [2.75, 3.05) is 26.9 Å². The summed E-state index contributed by atoms with van der Waals surface area (Å²) in [6, 6.07) is 3.86. The number of rotatable bonds is 9. The van der Waals surface area contributed by atoms with Crippen molar-refractivity contribution < 1.29 is 45.0 Å². The molecule has 9 aliphatic carbocycles. The minimum absolute atomic E-state index is 0.00145. The van der Waals surface area contributed by atoms with Crippen LogP contribution in [0.15, 0.2) is 35.9 Å². The lowest BCUT2D eigenvalue weighted by Gasteiger charge is -2.77. The lowest BCUT2D eigenvalue weighted by Crippen LogP contribution is -2.77. The summed E-state index contributed by atoms with van der Waals surface area (Å²) in [7, 11) is 1.63. The Kier molecular flexibility index (Phi) is 10.2. The van der Waals surface area contributed by atoms with Gasteiger partial charge in [-0.1, -0.05) is 64.0 Å². The van der Waals surface area contributed by atoms with E-state index in [0.29, 0.717) is 62.7 Å². The van der Waals surface area contributed by atoms with Crippen molar-refractivity contribution in [3.63, 3.8) is 0 Å². The standard InChI is InChI=1S/C54H74O9/c1-31(57)33-21-34-24-38-32(22-36(34)37(23-33)41(58)10-8-20-63-6)11-16-50-17-13-43-49(5,45(61)27-55)44(60)14-19-53(38,43)46(50)42(59)25-39-40-26-47(2,3)28-51-15-7-9-35(51)12-18-52(62,29-48(39,50)4)54(40,51)30-56/h12,18,21-25,31-32,35,38,40,43-46,55-57,60-62H,7-11,13-17,19-20,26-30H2,1-6H3/t31-,32+,35+,38+,40+,43+,44-,45+,46-,48+,49-,50+,51-,52-,53+,54+/m0/s1. The zero-order chi connectivity index (χ0) is 44.9. The second-order valence-corrected chi connectivity index (χ2v) is 23.9. The smallest absolute Gasteiger partial charge is 0.163 e. The highest BCUT2D eigenvalue weighted by Crippen LogP contribution is 2.84. The summed E-state index contributed by atoms with van der Waals surface area (Å²) in [5.41, 5.74) is -3.20. The van der Waals surface area contributed by atoms with Crippen molar-refractivity contribution >= 4 is 23.7 Å². The number of carbonyl (C=O) groups is 2. The van der Waals surface area contributed by atoms with Crippen molar-refractivity contribution in [2.45, 2.75) is 148 Å². The van der Waals surface area contributed by atoms with Gasteiger partial charge in [0.1, 0.15) is 0 Å². The Hall–Kier alpha value is -2.50. The van der Waals surface area contributed by atoms with E-state index in [0.717, 1.165) is 61.0 Å². The maximum absolute atomic E-state index is 16.2. The summed E-state index contributed by atoms with van der Waals surface area (Å²) < 4.78 is 5.30. The number of hydrogen-bond acceptors (Lipinski definition) is 9. The van der Waals surface area contributed by atoms with Crippen LogP contribution in [0.4, 0.5) is 0 Å². The van der Waals surface area contributed by atoms with Gasteiger partial charge >= 0.3 is 0 Å². The van der Waals surface area contributed by atoms with Crippen molar-refractivity contribution in [1.82, 2.24) is 0 Å². The van der Waals surface area contributed by atoms with Crippen LogP contribution in [0.2, 0.25) is 0 Å². The molecular formula is C54H74O9. The lowest BCUT2D eigenvalue weighted by atomic mass is 9.27. The first kappa shape index (κ1) is 44.3. The van der Waals surface area contributed by atoms with Gasteiger partial charge in [-0.25, -0.2) is 0 Å². The average Bonchev–Trinajstić information content (AvgIpc) is 3.62. The molecule has 0 unspecified atom stereocenters. The minimum atomic E-state index is -1.30. The number of benzene rings is 1. The van der Waals surface area contributed by atoms with E-state index in [-0.39, 0.29) is 58.6 Å². The molecule has 6 N–H and O–H groups in total. The average molecular weight is 867 g/mol. The van der Waals surface area contributed by atoms with Crippen LogP contribution >= 0.6 is 0 Å². The molecule has 2 spiro atoms. The molecule has 0 aromatic heterocycles. The number of aliphatic hydroxyl groups excluding tert-OH is 5. The van der Waals surface area contributed by atoms with Crippen LogP contribution in [0, 0.1) is 73.4 Å². The predicted octanol–water partition coefficient (Wildman–Crippen LogP) is 5.88. The Balaban J connectivity index is 1.22. The molecule has 9 heteroatoms. The van der Waals surface area contributed by atoms with Crippen LogP contribution < -0.4 is 10.4 Å². The highest BCUT2D eigenvalue weighted by atomic mass is 16.5. The molecule has 6 saturated carbocycles. The van der Waals surface area contributed by atoms with E-state index >= 15 is 4.79 Å². The second-order valence-electron chi connectivity index (χ2n) is 23.9. The first-order valence-electron chi connectivity index (χ1n) is 24.6. The Morgan fingerprint density at radius 1 is 0.952 bits per heavy atom. The molecule has 2 bridgehead atoms. The maximum atomic E-state index is 16.2. The van der Waals surface area contributed by atoms with Gasteiger partial charge in [0, 0.05) is 42.4 Å². The second kappa shape index (κ2) is 14.5. The fraction of sp³-hybridized carbons (Fsp3) is 0.741. The van der Waals surface area contributed by atoms with Gasteiger partial charge in [0.25, 0.3) is 0 Å². The van der Waals surface area contributed by atoms with E-state index in [1.165, 1.54) is 0 Å². The predicted molar refractivity (Wildman–Crippen MR) is 240 cm³/mol. The van der Waals surface area contributed by atoms with Gasteiger partial charge in [-0.05, 0) is 175 Å². The van der Waals surface area contributed by atoms with E-state index in [9.17, 15) is 35.4 Å². The van der Waals surface area contributed by atoms with Gasteiger partial charge in [0.05, 0.1) is 37.1 Å². The van der Waals surface area contributed by atoms with Crippen LogP contribution in [0.1, 0.15) is 147 Å². The molecule has 344 valence electrons. The Morgan fingerprint density at radius 2 is 1.71 bits per heavy atom. The highest BCUT2D eigenvalue weighted by Gasteiger charge is 2.81. The minimum Gasteiger partial charge on any atom is -0.396 e. The summed E-state index contributed by atoms with van der Waals surface area (Å²) in [6.45, 7) is 10.6. The quantitative estimate of drug-likeness (QED) is 0.101. The first-order chi connectivity index (χ1) is 29.8. The zero-order valence-electron chi connectivity index (χ0n) is 38.7. The van der Waals surface area contributed by atoms with Crippen molar-refractivity contribution in [2.24, 2.45) is 73.4 Å². The largest absolute Gasteiger partial charge is 0.396 e. The Morgan fingerprint density at radius 3 is 2.43 bits per heavy atom. The van der Waals surface area contributed by atoms with Gasteiger partial charge in [-0.3, -0.25) is 9.59 Å². The van der Waals surface area contributed by atoms with Crippen molar-refractivity contribution in [3.05, 3.63) is 57.5 Å². The molecule has 9 nitrogen and oxygen atoms in total. The van der Waals surface area contributed by atoms with E-state index in [1.807, 2.05) is 25.1 Å². The molecule has 16 atom stereocenters. The number of ketones is 2. The summed E-state index contributed by atoms with van der Waals surface area (Å²) in [4.78, 5) is 30.3. The molecule has 63 heavy (non-hydrogen) atoms. The molecule has 9 aliphatic rings. The fourth-order valence-corrected chi connectivity index (χ4v) is 18.9. The number of Topliss-reactive ketones (excluding diaryl/α,β-unsaturated/α-hetero) is 1. The Labute approximate surface area is 373 Å². The topological polar surface area (TPSA) is 165 Å². The van der Waals surface area contributed by atoms with E-state index in [4.69, 9.17) is 4.74 Å². The molecule has 0 radical (unpaired) electrons. The number of hydrogen-bond donors (Lipinski definition) is 6. The molecule has 10 rings (SSSR count). The van der Waals surface area contributed by atoms with Crippen molar-refractivity contribution in [1.29, 1.82) is 0 Å². The summed E-state index contributed by atoms with van der Waals surface area (Å²) in [6.07, 6.45) is 17.9. The van der Waals surface area contributed by atoms with Gasteiger partial charge in [-0.15, -0.1) is 0 Å². The molecule has 0 saturated heterocycles. The van der Waals surface area contributed by atoms with Gasteiger partial charge in [0.15, 0.2) is 11.6 Å². The van der Waals surface area contributed by atoms with Crippen LogP contribution in [-0.4, -0.2) is 86.9 Å². The van der Waals surface area contributed by atoms with Gasteiger partial charge < -0.3 is 35.4 Å². The molecular weight excluding hydrogens is 793 g/mol. The molecule has 1 aromatic rings. The zero-order valence-corrected chi connectivity index (χ0v) is 38.7. The third-order valence-electron chi connectivity index (χ3n) is 21.2. The third-order valence-corrected chi connectivity index (χ3v) is 21.2. The lowest BCUT2D eigenvalue weighted by molar-refractivity contribution is -0.284. The SMILES string of the molecule is COCCCC(=O)c1cc([C@H](C)O)cc2c1=C[C@H]1CC[C@@]34CC[C@@H]5[C@](C)([C@H](O)CO)[C@@H](O)CC[C@]5([C@@H]1C=2)[C@H]3C(=O)C=C1[C@H]2CC(C)(C)C[C@@]35CCC[C@@H]3C=C[C@](O)(C[C@]14C)[C@]25CO. The van der Waals surface area contributed by atoms with Gasteiger partial charge in [-0.2, -0.15) is 0 Å². The molecule has 0 amide bonds. The normalized spacial score (nSPS) is 47.0. The van der Waals surface area contributed by atoms with E-state index < -0.39 is 63.5 Å². The molecule has 0 aliphatic heterocycles. The summed E-state index contributed by atoms with van der Waals surface area (Å²) >= 11 is 0. The van der Waals surface area contributed by atoms with Crippen LogP contribution in [-0.2, 0) is 9.53 Å². The number of methoxy groups -OCH3 is 1. The monoisotopic (exact) mass is 867 g/mol. The van der Waals surface area contributed by atoms with E-state index in [1.54, 1.807) is 14.0 Å². The number of allylic oxidation sites excluding steroid dienone is 3. The summed E-state index contributed by atoms with van der Waals surface area (Å²) in [5, 5.41) is 73.3. The number of ether oxygens (including phenoxy) is 1.